The molecule has 7 heteroatoms. The van der Waals surface area contributed by atoms with E-state index in [-0.39, 0.29) is 16.9 Å². The number of nitrogens with zero attached hydrogens (tertiary/aromatic N) is 3. The zero-order valence-electron chi connectivity index (χ0n) is 15.3. The number of nitrogens with one attached hydrogen (secondary N) is 1. The number of aliphatic hydroxyl groups excluding tert-OH is 1. The van der Waals surface area contributed by atoms with Crippen molar-refractivity contribution < 1.29 is 14.6 Å². The summed E-state index contributed by atoms with van der Waals surface area (Å²) in [6.07, 6.45) is 1.06. The van der Waals surface area contributed by atoms with Crippen molar-refractivity contribution >= 4 is 5.76 Å². The fraction of sp³-hybridized carbons (Fsp3) is 0.316. The minimum atomic E-state index is -0.371. The summed E-state index contributed by atoms with van der Waals surface area (Å²) >= 11 is 0. The van der Waals surface area contributed by atoms with Gasteiger partial charge in [-0.15, -0.1) is 0 Å². The topological polar surface area (TPSA) is 122 Å². The molecule has 1 rings (SSSR count). The number of nitriles is 3. The van der Waals surface area contributed by atoms with Gasteiger partial charge in [0.25, 0.3) is 0 Å². The lowest BCUT2D eigenvalue weighted by Gasteiger charge is -2.09. The predicted octanol–water partition coefficient (Wildman–Crippen LogP) is 3.09. The largest absolute Gasteiger partial charge is 0.507 e. The van der Waals surface area contributed by atoms with Crippen molar-refractivity contribution in [2.45, 2.75) is 13.8 Å². The quantitative estimate of drug-likeness (QED) is 0.457. The van der Waals surface area contributed by atoms with E-state index in [0.717, 1.165) is 19.2 Å². The van der Waals surface area contributed by atoms with Crippen LogP contribution < -0.4 is 14.8 Å². The van der Waals surface area contributed by atoms with E-state index in [2.05, 4.69) is 19.2 Å². The van der Waals surface area contributed by atoms with Gasteiger partial charge in [-0.25, -0.2) is 0 Å². The standard InChI is InChI=1S/C15H11N3O3.C4H11N/c1-20-14-4-3-10(6-15(14)21-2)13(19)5-11(7-16)12(8-17)9-18;1-3-5-4-2/h3-6,19H,1-2H3;5H,3-4H2,1-2H3/b13-5-;. The summed E-state index contributed by atoms with van der Waals surface area (Å²) in [4.78, 5) is 0. The molecule has 0 aliphatic carbocycles. The van der Waals surface area contributed by atoms with Crippen molar-refractivity contribution in [2.24, 2.45) is 0 Å². The van der Waals surface area contributed by atoms with E-state index in [1.54, 1.807) is 30.3 Å². The Kier molecular flexibility index (Phi) is 11.2. The second-order valence-corrected chi connectivity index (χ2v) is 4.68. The van der Waals surface area contributed by atoms with Crippen LogP contribution in [0, 0.1) is 34.0 Å². The van der Waals surface area contributed by atoms with E-state index in [1.165, 1.54) is 20.3 Å². The van der Waals surface area contributed by atoms with Crippen LogP contribution in [-0.4, -0.2) is 32.4 Å². The number of benzene rings is 1. The number of aliphatic hydroxyl groups is 1. The SMILES string of the molecule is CCNCC.COc1ccc(/C(O)=C/C(C#N)=C(C#N)C#N)cc1OC. The van der Waals surface area contributed by atoms with Crippen molar-refractivity contribution in [1.29, 1.82) is 15.8 Å². The molecule has 0 fully saturated rings. The highest BCUT2D eigenvalue weighted by Gasteiger charge is 2.09. The molecule has 7 nitrogen and oxygen atoms in total. The van der Waals surface area contributed by atoms with Crippen LogP contribution in [-0.2, 0) is 0 Å². The third kappa shape index (κ3) is 6.97. The van der Waals surface area contributed by atoms with Gasteiger partial charge in [0, 0.05) is 11.6 Å². The highest BCUT2D eigenvalue weighted by Crippen LogP contribution is 2.30. The maximum atomic E-state index is 10.0. The number of hydrogen-bond acceptors (Lipinski definition) is 7. The lowest BCUT2D eigenvalue weighted by molar-refractivity contribution is 0.354. The van der Waals surface area contributed by atoms with Crippen LogP contribution in [0.1, 0.15) is 19.4 Å². The van der Waals surface area contributed by atoms with Crippen LogP contribution in [0.15, 0.2) is 35.4 Å². The second kappa shape index (κ2) is 12.9. The molecule has 0 atom stereocenters. The van der Waals surface area contributed by atoms with Gasteiger partial charge in [-0.3, -0.25) is 0 Å². The highest BCUT2D eigenvalue weighted by molar-refractivity contribution is 5.68. The number of allylic oxidation sites excluding steroid dienone is 3. The molecular formula is C19H22N4O3. The zero-order chi connectivity index (χ0) is 19.9. The Balaban J connectivity index is 0.00000110. The molecule has 0 aromatic heterocycles. The molecule has 0 spiro atoms. The molecule has 0 bridgehead atoms. The zero-order valence-corrected chi connectivity index (χ0v) is 15.3. The molecule has 0 saturated heterocycles. The summed E-state index contributed by atoms with van der Waals surface area (Å²) in [6.45, 7) is 6.39. The highest BCUT2D eigenvalue weighted by atomic mass is 16.5. The summed E-state index contributed by atoms with van der Waals surface area (Å²) in [5.74, 6) is 0.619. The first-order valence-electron chi connectivity index (χ1n) is 7.81. The predicted molar refractivity (Wildman–Crippen MR) is 98.2 cm³/mol. The van der Waals surface area contributed by atoms with Gasteiger partial charge in [0.1, 0.15) is 29.5 Å². The van der Waals surface area contributed by atoms with Gasteiger partial charge < -0.3 is 19.9 Å². The average molecular weight is 354 g/mol. The molecule has 0 unspecified atom stereocenters. The van der Waals surface area contributed by atoms with Crippen molar-refractivity contribution in [3.05, 3.63) is 41.0 Å². The van der Waals surface area contributed by atoms with Crippen LogP contribution in [0.25, 0.3) is 5.76 Å². The van der Waals surface area contributed by atoms with Crippen LogP contribution in [0.2, 0.25) is 0 Å². The fourth-order valence-electron chi connectivity index (χ4n) is 1.77. The molecule has 1 aromatic carbocycles. The first-order chi connectivity index (χ1) is 12.5. The van der Waals surface area contributed by atoms with E-state index in [0.29, 0.717) is 17.1 Å². The Hall–Kier alpha value is -3.47. The maximum absolute atomic E-state index is 10.0. The first-order valence-corrected chi connectivity index (χ1v) is 7.81. The minimum Gasteiger partial charge on any atom is -0.507 e. The van der Waals surface area contributed by atoms with Crippen molar-refractivity contribution in [2.75, 3.05) is 27.3 Å². The van der Waals surface area contributed by atoms with Crippen molar-refractivity contribution in [3.8, 4) is 29.7 Å². The smallest absolute Gasteiger partial charge is 0.161 e. The maximum Gasteiger partial charge on any atom is 0.161 e. The lowest BCUT2D eigenvalue weighted by atomic mass is 10.1. The van der Waals surface area contributed by atoms with Crippen molar-refractivity contribution in [1.82, 2.24) is 5.32 Å². The molecule has 1 aromatic rings. The van der Waals surface area contributed by atoms with Gasteiger partial charge >= 0.3 is 0 Å². The van der Waals surface area contributed by atoms with Crippen LogP contribution >= 0.6 is 0 Å². The summed E-state index contributed by atoms with van der Waals surface area (Å²) < 4.78 is 10.2. The molecule has 0 aliphatic rings. The molecule has 0 radical (unpaired) electrons. The minimum absolute atomic E-state index is 0.215. The van der Waals surface area contributed by atoms with E-state index < -0.39 is 0 Å². The third-order valence-electron chi connectivity index (χ3n) is 3.07. The van der Waals surface area contributed by atoms with Gasteiger partial charge in [-0.2, -0.15) is 15.8 Å². The monoisotopic (exact) mass is 354 g/mol. The normalized spacial score (nSPS) is 9.50. The summed E-state index contributed by atoms with van der Waals surface area (Å²) in [5, 5.41) is 39.5. The Morgan fingerprint density at radius 3 is 2.00 bits per heavy atom. The van der Waals surface area contributed by atoms with Crippen molar-refractivity contribution in [3.63, 3.8) is 0 Å². The van der Waals surface area contributed by atoms with Gasteiger partial charge in [-0.1, -0.05) is 13.8 Å². The Labute approximate surface area is 154 Å². The number of rotatable bonds is 6. The average Bonchev–Trinajstić information content (AvgIpc) is 2.68. The summed E-state index contributed by atoms with van der Waals surface area (Å²) in [6, 6.07) is 9.55. The van der Waals surface area contributed by atoms with Gasteiger partial charge in [0.15, 0.2) is 11.5 Å². The second-order valence-electron chi connectivity index (χ2n) is 4.68. The van der Waals surface area contributed by atoms with Crippen LogP contribution in [0.5, 0.6) is 11.5 Å². The first kappa shape index (κ1) is 22.5. The summed E-state index contributed by atoms with van der Waals surface area (Å²) in [7, 11) is 2.93. The fourth-order valence-corrected chi connectivity index (χ4v) is 1.77. The Morgan fingerprint density at radius 2 is 1.62 bits per heavy atom. The number of hydrogen-bond donors (Lipinski definition) is 2. The van der Waals surface area contributed by atoms with Gasteiger partial charge in [0.2, 0.25) is 0 Å². The molecular weight excluding hydrogens is 332 g/mol. The Bertz CT molecular complexity index is 759. The summed E-state index contributed by atoms with van der Waals surface area (Å²) in [5.41, 5.74) is -0.229. The van der Waals surface area contributed by atoms with E-state index in [9.17, 15) is 5.11 Å². The van der Waals surface area contributed by atoms with E-state index in [1.807, 2.05) is 0 Å². The molecule has 136 valence electrons. The van der Waals surface area contributed by atoms with E-state index >= 15 is 0 Å². The lowest BCUT2D eigenvalue weighted by Crippen LogP contribution is -2.09. The third-order valence-corrected chi connectivity index (χ3v) is 3.07. The van der Waals surface area contributed by atoms with E-state index in [4.69, 9.17) is 25.3 Å². The van der Waals surface area contributed by atoms with Gasteiger partial charge in [0.05, 0.1) is 19.8 Å². The number of ether oxygens (including phenoxy) is 2. The molecule has 26 heavy (non-hydrogen) atoms. The molecule has 0 amide bonds. The molecule has 0 heterocycles. The molecule has 0 saturated carbocycles. The Morgan fingerprint density at radius 1 is 1.04 bits per heavy atom. The number of methoxy groups -OCH3 is 2. The molecule has 2 N–H and O–H groups in total. The van der Waals surface area contributed by atoms with Gasteiger partial charge in [-0.05, 0) is 31.3 Å². The van der Waals surface area contributed by atoms with Crippen LogP contribution in [0.4, 0.5) is 0 Å². The molecule has 0 aliphatic heterocycles. The van der Waals surface area contributed by atoms with Crippen LogP contribution in [0.3, 0.4) is 0 Å².